The zero-order chi connectivity index (χ0) is 19.1. The molecule has 0 atom stereocenters. The fourth-order valence-electron chi connectivity index (χ4n) is 2.15. The van der Waals surface area contributed by atoms with Crippen LogP contribution in [0.2, 0.25) is 5.02 Å². The van der Waals surface area contributed by atoms with Crippen molar-refractivity contribution >= 4 is 29.2 Å². The number of hydrazone groups is 1. The molecule has 0 saturated carbocycles. The normalized spacial score (nSPS) is 11.0. The molecule has 0 amide bonds. The highest BCUT2D eigenvalue weighted by atomic mass is 35.5. The van der Waals surface area contributed by atoms with Crippen LogP contribution in [0.3, 0.4) is 0 Å². The summed E-state index contributed by atoms with van der Waals surface area (Å²) in [7, 11) is 0. The van der Waals surface area contributed by atoms with Crippen molar-refractivity contribution in [3.63, 3.8) is 0 Å². The van der Waals surface area contributed by atoms with E-state index in [1.54, 1.807) is 30.5 Å². The first-order valence-electron chi connectivity index (χ1n) is 8.07. The second kappa shape index (κ2) is 9.05. The molecule has 2 aromatic carbocycles. The van der Waals surface area contributed by atoms with E-state index in [1.165, 1.54) is 12.1 Å². The number of nitro benzene ring substituents is 1. The lowest BCUT2D eigenvalue weighted by Crippen LogP contribution is -2.08. The number of hydrogen-bond acceptors (Lipinski definition) is 6. The molecular formula is C18H20ClN3O4. The van der Waals surface area contributed by atoms with Crippen LogP contribution >= 0.6 is 11.6 Å². The van der Waals surface area contributed by atoms with E-state index in [2.05, 4.69) is 10.5 Å². The van der Waals surface area contributed by atoms with E-state index in [1.807, 2.05) is 20.8 Å². The molecule has 0 aliphatic rings. The van der Waals surface area contributed by atoms with Gasteiger partial charge in [-0.1, -0.05) is 17.7 Å². The Morgan fingerprint density at radius 1 is 1.35 bits per heavy atom. The number of halogens is 1. The summed E-state index contributed by atoms with van der Waals surface area (Å²) < 4.78 is 11.3. The van der Waals surface area contributed by atoms with Crippen molar-refractivity contribution in [2.75, 3.05) is 12.0 Å². The third-order valence-corrected chi connectivity index (χ3v) is 3.43. The summed E-state index contributed by atoms with van der Waals surface area (Å²) in [6.45, 7) is 6.16. The zero-order valence-corrected chi connectivity index (χ0v) is 15.5. The maximum atomic E-state index is 10.8. The summed E-state index contributed by atoms with van der Waals surface area (Å²) in [5, 5.41) is 15.3. The fourth-order valence-corrected chi connectivity index (χ4v) is 2.41. The number of anilines is 1. The highest BCUT2D eigenvalue weighted by Crippen LogP contribution is 2.37. The zero-order valence-electron chi connectivity index (χ0n) is 14.7. The van der Waals surface area contributed by atoms with Crippen molar-refractivity contribution in [3.8, 4) is 11.5 Å². The van der Waals surface area contributed by atoms with Crippen LogP contribution in [0, 0.1) is 10.1 Å². The third kappa shape index (κ3) is 5.35. The van der Waals surface area contributed by atoms with Crippen LogP contribution in [-0.2, 0) is 0 Å². The van der Waals surface area contributed by atoms with Crippen LogP contribution in [0.4, 0.5) is 11.4 Å². The average molecular weight is 378 g/mol. The van der Waals surface area contributed by atoms with Crippen molar-refractivity contribution in [1.29, 1.82) is 0 Å². The molecule has 138 valence electrons. The van der Waals surface area contributed by atoms with Gasteiger partial charge in [0, 0.05) is 12.1 Å². The molecule has 2 rings (SSSR count). The number of nitrogens with zero attached hydrogens (tertiary/aromatic N) is 2. The maximum absolute atomic E-state index is 10.8. The molecule has 0 bridgehead atoms. The predicted octanol–water partition coefficient (Wildman–Crippen LogP) is 4.88. The van der Waals surface area contributed by atoms with Crippen LogP contribution in [0.15, 0.2) is 41.5 Å². The molecule has 0 fully saturated rings. The molecule has 8 heteroatoms. The van der Waals surface area contributed by atoms with Gasteiger partial charge in [0.25, 0.3) is 5.69 Å². The lowest BCUT2D eigenvalue weighted by Gasteiger charge is -2.16. The van der Waals surface area contributed by atoms with Gasteiger partial charge in [0.15, 0.2) is 11.5 Å². The van der Waals surface area contributed by atoms with Gasteiger partial charge in [-0.25, -0.2) is 0 Å². The monoisotopic (exact) mass is 377 g/mol. The van der Waals surface area contributed by atoms with E-state index in [4.69, 9.17) is 21.1 Å². The number of nitro groups is 1. The molecular weight excluding hydrogens is 358 g/mol. The molecule has 7 nitrogen and oxygen atoms in total. The van der Waals surface area contributed by atoms with E-state index in [0.29, 0.717) is 34.4 Å². The molecule has 26 heavy (non-hydrogen) atoms. The van der Waals surface area contributed by atoms with Gasteiger partial charge in [-0.15, -0.1) is 0 Å². The second-order valence-corrected chi connectivity index (χ2v) is 6.01. The van der Waals surface area contributed by atoms with Crippen molar-refractivity contribution in [2.24, 2.45) is 5.10 Å². The number of benzene rings is 2. The highest BCUT2D eigenvalue weighted by Gasteiger charge is 2.13. The Balaban J connectivity index is 2.19. The number of hydrogen-bond donors (Lipinski definition) is 1. The molecule has 0 aliphatic carbocycles. The van der Waals surface area contributed by atoms with Gasteiger partial charge >= 0.3 is 0 Å². The van der Waals surface area contributed by atoms with E-state index in [-0.39, 0.29) is 11.8 Å². The van der Waals surface area contributed by atoms with E-state index < -0.39 is 4.92 Å². The van der Waals surface area contributed by atoms with Crippen molar-refractivity contribution in [1.82, 2.24) is 0 Å². The third-order valence-electron chi connectivity index (χ3n) is 3.15. The topological polar surface area (TPSA) is 86.0 Å². The highest BCUT2D eigenvalue weighted by molar-refractivity contribution is 6.32. The van der Waals surface area contributed by atoms with Gasteiger partial charge in [-0.2, -0.15) is 5.10 Å². The van der Waals surface area contributed by atoms with Crippen molar-refractivity contribution < 1.29 is 14.4 Å². The van der Waals surface area contributed by atoms with Crippen LogP contribution in [0.5, 0.6) is 11.5 Å². The number of ether oxygens (including phenoxy) is 2. The van der Waals surface area contributed by atoms with E-state index in [9.17, 15) is 10.1 Å². The summed E-state index contributed by atoms with van der Waals surface area (Å²) in [4.78, 5) is 10.3. The van der Waals surface area contributed by atoms with Crippen LogP contribution in [0.25, 0.3) is 0 Å². The van der Waals surface area contributed by atoms with Crippen molar-refractivity contribution in [3.05, 3.63) is 57.1 Å². The smallest absolute Gasteiger partial charge is 0.271 e. The molecule has 0 heterocycles. The molecule has 0 spiro atoms. The quantitative estimate of drug-likeness (QED) is 0.402. The SMILES string of the molecule is CCOc1cc(C=NNc2cccc([N+](=O)[O-])c2)cc(Cl)c1OC(C)C. The van der Waals surface area contributed by atoms with Crippen LogP contribution in [-0.4, -0.2) is 23.8 Å². The summed E-state index contributed by atoms with van der Waals surface area (Å²) in [6, 6.07) is 9.55. The van der Waals surface area contributed by atoms with E-state index >= 15 is 0 Å². The van der Waals surface area contributed by atoms with Gasteiger partial charge in [0.1, 0.15) is 0 Å². The molecule has 2 aromatic rings. The largest absolute Gasteiger partial charge is 0.490 e. The molecule has 0 unspecified atom stereocenters. The number of non-ortho nitro benzene ring substituents is 1. The maximum Gasteiger partial charge on any atom is 0.271 e. The minimum atomic E-state index is -0.462. The molecule has 0 aromatic heterocycles. The van der Waals surface area contributed by atoms with Gasteiger partial charge in [0.05, 0.1) is 34.6 Å². The second-order valence-electron chi connectivity index (χ2n) is 5.61. The summed E-state index contributed by atoms with van der Waals surface area (Å²) in [6.07, 6.45) is 1.51. The first-order chi connectivity index (χ1) is 12.4. The first-order valence-corrected chi connectivity index (χ1v) is 8.45. The van der Waals surface area contributed by atoms with Gasteiger partial charge in [-0.05, 0) is 44.5 Å². The summed E-state index contributed by atoms with van der Waals surface area (Å²) in [5.74, 6) is 1.03. The lowest BCUT2D eigenvalue weighted by atomic mass is 10.2. The predicted molar refractivity (Wildman–Crippen MR) is 103 cm³/mol. The Kier molecular flexibility index (Phi) is 6.80. The molecule has 0 radical (unpaired) electrons. The summed E-state index contributed by atoms with van der Waals surface area (Å²) in [5.41, 5.74) is 3.95. The Bertz CT molecular complexity index is 809. The average Bonchev–Trinajstić information content (AvgIpc) is 2.58. The number of nitrogens with one attached hydrogen (secondary N) is 1. The van der Waals surface area contributed by atoms with Crippen LogP contribution < -0.4 is 14.9 Å². The standard InChI is InChI=1S/C18H20ClN3O4/c1-4-25-17-9-13(8-16(19)18(17)26-12(2)3)11-20-21-14-6-5-7-15(10-14)22(23)24/h5-12,21H,4H2,1-3H3. The number of rotatable bonds is 8. The minimum absolute atomic E-state index is 0.0120. The Hall–Kier alpha value is -2.80. The van der Waals surface area contributed by atoms with Crippen LogP contribution in [0.1, 0.15) is 26.3 Å². The first kappa shape index (κ1) is 19.5. The molecule has 0 saturated heterocycles. The Labute approximate surface area is 156 Å². The van der Waals surface area contributed by atoms with E-state index in [0.717, 1.165) is 0 Å². The lowest BCUT2D eigenvalue weighted by molar-refractivity contribution is -0.384. The minimum Gasteiger partial charge on any atom is -0.490 e. The van der Waals surface area contributed by atoms with Gasteiger partial charge < -0.3 is 9.47 Å². The summed E-state index contributed by atoms with van der Waals surface area (Å²) >= 11 is 6.30. The Morgan fingerprint density at radius 2 is 2.12 bits per heavy atom. The van der Waals surface area contributed by atoms with Gasteiger partial charge in [0.2, 0.25) is 0 Å². The van der Waals surface area contributed by atoms with Crippen molar-refractivity contribution in [2.45, 2.75) is 26.9 Å². The fraction of sp³-hybridized carbons (Fsp3) is 0.278. The molecule has 1 N–H and O–H groups in total. The molecule has 0 aliphatic heterocycles. The Morgan fingerprint density at radius 3 is 2.77 bits per heavy atom. The van der Waals surface area contributed by atoms with Gasteiger partial charge in [-0.3, -0.25) is 15.5 Å².